The molecule has 4 fully saturated rings. The average molecular weight is 549 g/mol. The topological polar surface area (TPSA) is 72.7 Å². The van der Waals surface area contributed by atoms with Gasteiger partial charge in [0.05, 0.1) is 21.2 Å². The lowest BCUT2D eigenvalue weighted by Crippen LogP contribution is -2.60. The molecular formula is C27H26BrN5OS. The van der Waals surface area contributed by atoms with Crippen molar-refractivity contribution in [2.75, 3.05) is 5.32 Å². The number of nitrogens with zero attached hydrogens (tertiary/aromatic N) is 4. The van der Waals surface area contributed by atoms with Crippen LogP contribution in [0.25, 0.3) is 20.8 Å². The first-order valence-corrected chi connectivity index (χ1v) is 13.9. The van der Waals surface area contributed by atoms with Crippen LogP contribution in [0.15, 0.2) is 53.5 Å². The lowest BCUT2D eigenvalue weighted by molar-refractivity contribution is -0.150. The number of fused-ring (bicyclic) bond motifs is 1. The molecule has 0 radical (unpaired) electrons. The zero-order valence-electron chi connectivity index (χ0n) is 19.5. The molecule has 1 amide bonds. The summed E-state index contributed by atoms with van der Waals surface area (Å²) in [6.07, 6.45) is 8.09. The van der Waals surface area contributed by atoms with Crippen molar-refractivity contribution in [3.63, 3.8) is 0 Å². The van der Waals surface area contributed by atoms with E-state index in [1.54, 1.807) is 11.3 Å². The Balaban J connectivity index is 1.13. The van der Waals surface area contributed by atoms with E-state index in [2.05, 4.69) is 68.6 Å². The van der Waals surface area contributed by atoms with Crippen molar-refractivity contribution in [1.82, 2.24) is 19.7 Å². The minimum absolute atomic E-state index is 0.0878. The van der Waals surface area contributed by atoms with Gasteiger partial charge in [-0.15, -0.1) is 16.4 Å². The Hall–Kier alpha value is -2.58. The van der Waals surface area contributed by atoms with Gasteiger partial charge in [-0.3, -0.25) is 4.79 Å². The number of aryl methyl sites for hydroxylation is 1. The molecule has 0 unspecified atom stereocenters. The molecule has 2 heterocycles. The summed E-state index contributed by atoms with van der Waals surface area (Å²) in [4.78, 5) is 22.9. The number of thiazole rings is 1. The number of carbonyl (C=O) groups excluding carboxylic acids is 1. The van der Waals surface area contributed by atoms with Crippen LogP contribution < -0.4 is 5.32 Å². The number of anilines is 1. The molecule has 178 valence electrons. The second-order valence-electron chi connectivity index (χ2n) is 10.9. The Morgan fingerprint density at radius 1 is 1.11 bits per heavy atom. The third kappa shape index (κ3) is 3.56. The van der Waals surface area contributed by atoms with Crippen LogP contribution in [-0.2, 0) is 10.3 Å². The fourth-order valence-corrected chi connectivity index (χ4v) is 8.67. The van der Waals surface area contributed by atoms with Gasteiger partial charge in [-0.2, -0.15) is 0 Å². The van der Waals surface area contributed by atoms with Crippen LogP contribution in [0.5, 0.6) is 0 Å². The van der Waals surface area contributed by atoms with Gasteiger partial charge in [0.1, 0.15) is 11.3 Å². The van der Waals surface area contributed by atoms with Crippen LogP contribution in [-0.4, -0.2) is 25.7 Å². The highest BCUT2D eigenvalue weighted by Crippen LogP contribution is 2.64. The van der Waals surface area contributed by atoms with E-state index in [4.69, 9.17) is 4.98 Å². The summed E-state index contributed by atoms with van der Waals surface area (Å²) < 4.78 is 3.87. The smallest absolute Gasteiger partial charge is 0.230 e. The second kappa shape index (κ2) is 7.71. The summed E-state index contributed by atoms with van der Waals surface area (Å²) in [5.41, 5.74) is 3.79. The van der Waals surface area contributed by atoms with Crippen LogP contribution in [0.1, 0.15) is 44.1 Å². The van der Waals surface area contributed by atoms with E-state index in [1.807, 2.05) is 23.1 Å². The molecule has 2 aromatic carbocycles. The Labute approximate surface area is 216 Å². The summed E-state index contributed by atoms with van der Waals surface area (Å²) in [6, 6.07) is 14.5. The van der Waals surface area contributed by atoms with E-state index in [-0.39, 0.29) is 16.9 Å². The van der Waals surface area contributed by atoms with E-state index in [9.17, 15) is 4.79 Å². The number of hydrogen-bond donors (Lipinski definition) is 1. The molecular weight excluding hydrogens is 522 g/mol. The lowest BCUT2D eigenvalue weighted by Gasteiger charge is -2.60. The minimum atomic E-state index is -0.327. The van der Waals surface area contributed by atoms with Crippen LogP contribution >= 0.6 is 27.3 Å². The van der Waals surface area contributed by atoms with Crippen molar-refractivity contribution < 1.29 is 4.79 Å². The summed E-state index contributed by atoms with van der Waals surface area (Å²) in [6.45, 7) is 2.10. The molecule has 2 atom stereocenters. The predicted octanol–water partition coefficient (Wildman–Crippen LogP) is 6.56. The molecule has 0 saturated heterocycles. The van der Waals surface area contributed by atoms with Crippen molar-refractivity contribution in [2.45, 2.75) is 51.0 Å². The van der Waals surface area contributed by atoms with E-state index < -0.39 is 0 Å². The first kappa shape index (κ1) is 21.7. The minimum Gasteiger partial charge on any atom is -0.326 e. The first-order chi connectivity index (χ1) is 16.9. The molecule has 2 aromatic heterocycles. The maximum Gasteiger partial charge on any atom is 0.230 e. The number of nitrogens with one attached hydrogen (secondary N) is 1. The van der Waals surface area contributed by atoms with Gasteiger partial charge >= 0.3 is 0 Å². The van der Waals surface area contributed by atoms with Gasteiger partial charge in [0, 0.05) is 11.3 Å². The molecule has 0 aliphatic heterocycles. The molecule has 4 bridgehead atoms. The highest BCUT2D eigenvalue weighted by molar-refractivity contribution is 9.10. The zero-order chi connectivity index (χ0) is 23.8. The largest absolute Gasteiger partial charge is 0.326 e. The van der Waals surface area contributed by atoms with Gasteiger partial charge in [0.2, 0.25) is 10.6 Å². The SMILES string of the molecule is Cc1ccc2nc(-c3ccc(NC(=O)C45C[C@@H]6C[C@@H](C4)CC(n4cnc(Br)n4)(C6)C5)cc3)sc2c1. The normalized spacial score (nSPS) is 29.1. The Morgan fingerprint density at radius 3 is 2.60 bits per heavy atom. The van der Waals surface area contributed by atoms with Gasteiger partial charge < -0.3 is 5.32 Å². The van der Waals surface area contributed by atoms with Crippen molar-refractivity contribution in [2.24, 2.45) is 17.3 Å². The van der Waals surface area contributed by atoms with Crippen LogP contribution in [0, 0.1) is 24.2 Å². The first-order valence-electron chi connectivity index (χ1n) is 12.3. The Morgan fingerprint density at radius 2 is 1.89 bits per heavy atom. The van der Waals surface area contributed by atoms with Gasteiger partial charge in [0.15, 0.2) is 0 Å². The molecule has 8 rings (SSSR count). The molecule has 35 heavy (non-hydrogen) atoms. The number of benzene rings is 2. The molecule has 4 aliphatic carbocycles. The van der Waals surface area contributed by atoms with E-state index in [1.165, 1.54) is 16.7 Å². The molecule has 0 spiro atoms. The van der Waals surface area contributed by atoms with E-state index in [0.717, 1.165) is 53.9 Å². The number of hydrogen-bond acceptors (Lipinski definition) is 5. The fourth-order valence-electron chi connectivity index (χ4n) is 7.33. The van der Waals surface area contributed by atoms with Gasteiger partial charge in [-0.05, 0) is 115 Å². The van der Waals surface area contributed by atoms with Crippen molar-refractivity contribution in [3.8, 4) is 10.6 Å². The van der Waals surface area contributed by atoms with Crippen LogP contribution in [0.4, 0.5) is 5.69 Å². The molecule has 4 saturated carbocycles. The van der Waals surface area contributed by atoms with Crippen molar-refractivity contribution in [1.29, 1.82) is 0 Å². The van der Waals surface area contributed by atoms with Gasteiger partial charge in [-0.25, -0.2) is 14.6 Å². The lowest BCUT2D eigenvalue weighted by atomic mass is 9.46. The summed E-state index contributed by atoms with van der Waals surface area (Å²) in [5, 5.41) is 8.90. The van der Waals surface area contributed by atoms with Gasteiger partial charge in [-0.1, -0.05) is 6.07 Å². The number of amides is 1. The number of aromatic nitrogens is 4. The number of rotatable bonds is 4. The molecule has 1 N–H and O–H groups in total. The monoisotopic (exact) mass is 547 g/mol. The maximum absolute atomic E-state index is 13.8. The average Bonchev–Trinajstić information content (AvgIpc) is 3.45. The third-order valence-corrected chi connectivity index (χ3v) is 9.83. The van der Waals surface area contributed by atoms with E-state index in [0.29, 0.717) is 16.6 Å². The predicted molar refractivity (Wildman–Crippen MR) is 141 cm³/mol. The van der Waals surface area contributed by atoms with Gasteiger partial charge in [0.25, 0.3) is 0 Å². The third-order valence-electron chi connectivity index (χ3n) is 8.40. The Bertz CT molecular complexity index is 1440. The molecule has 4 aliphatic rings. The summed E-state index contributed by atoms with van der Waals surface area (Å²) >= 11 is 5.11. The summed E-state index contributed by atoms with van der Waals surface area (Å²) in [5.74, 6) is 1.32. The zero-order valence-corrected chi connectivity index (χ0v) is 21.9. The van der Waals surface area contributed by atoms with Crippen molar-refractivity contribution >= 4 is 49.1 Å². The van der Waals surface area contributed by atoms with Crippen LogP contribution in [0.2, 0.25) is 0 Å². The van der Waals surface area contributed by atoms with Crippen LogP contribution in [0.3, 0.4) is 0 Å². The van der Waals surface area contributed by atoms with Crippen molar-refractivity contribution in [3.05, 3.63) is 59.1 Å². The highest BCUT2D eigenvalue weighted by Gasteiger charge is 2.61. The van der Waals surface area contributed by atoms with E-state index >= 15 is 0 Å². The quantitative estimate of drug-likeness (QED) is 0.314. The standard InChI is InChI=1S/C27H26BrN5OS/c1-16-2-7-21-22(8-16)35-23(31-21)19-3-5-20(6-4-19)30-24(34)26-10-17-9-18(11-26)13-27(12-17,14-26)33-15-29-25(28)32-33/h2-8,15,17-18H,9-14H2,1H3,(H,30,34)/t17-,18-,26?,27?/m0/s1. The summed E-state index contributed by atoms with van der Waals surface area (Å²) in [7, 11) is 0. The fraction of sp³-hybridized carbons (Fsp3) is 0.407. The number of carbonyl (C=O) groups is 1. The maximum atomic E-state index is 13.8. The Kier molecular flexibility index (Phi) is 4.77. The molecule has 6 nitrogen and oxygen atoms in total. The molecule has 4 aromatic rings. The number of halogens is 1. The molecule has 8 heteroatoms. The highest BCUT2D eigenvalue weighted by atomic mass is 79.9. The second-order valence-corrected chi connectivity index (χ2v) is 12.7.